The molecule has 1 amide bonds. The largest absolute Gasteiger partial charge is 0.465 e. The van der Waals surface area contributed by atoms with Crippen molar-refractivity contribution < 1.29 is 14.3 Å². The molecule has 0 radical (unpaired) electrons. The van der Waals surface area contributed by atoms with Crippen molar-refractivity contribution in [1.82, 2.24) is 0 Å². The third-order valence-electron chi connectivity index (χ3n) is 4.61. The fraction of sp³-hybridized carbons (Fsp3) is 0.400. The first kappa shape index (κ1) is 17.7. The molecule has 0 atom stereocenters. The lowest BCUT2D eigenvalue weighted by Crippen LogP contribution is -2.28. The van der Waals surface area contributed by atoms with Gasteiger partial charge in [0.1, 0.15) is 0 Å². The predicted molar refractivity (Wildman–Crippen MR) is 101 cm³/mol. The van der Waals surface area contributed by atoms with Gasteiger partial charge in [-0.25, -0.2) is 4.79 Å². The summed E-state index contributed by atoms with van der Waals surface area (Å²) >= 11 is 1.62. The number of esters is 1. The Bertz CT molecular complexity index is 809. The molecule has 4 nitrogen and oxygen atoms in total. The van der Waals surface area contributed by atoms with Crippen LogP contribution < -0.4 is 4.90 Å². The summed E-state index contributed by atoms with van der Waals surface area (Å²) in [5.74, 6) is -0.283. The van der Waals surface area contributed by atoms with E-state index in [1.165, 1.54) is 17.6 Å². The lowest BCUT2D eigenvalue weighted by atomic mass is 10.1. The van der Waals surface area contributed by atoms with Crippen molar-refractivity contribution in [2.24, 2.45) is 0 Å². The summed E-state index contributed by atoms with van der Waals surface area (Å²) in [6.45, 7) is 4.95. The van der Waals surface area contributed by atoms with Gasteiger partial charge in [-0.15, -0.1) is 11.3 Å². The van der Waals surface area contributed by atoms with E-state index in [0.717, 1.165) is 41.8 Å². The molecule has 0 bridgehead atoms. The van der Waals surface area contributed by atoms with Crippen LogP contribution in [0.15, 0.2) is 24.3 Å². The van der Waals surface area contributed by atoms with Crippen molar-refractivity contribution in [2.75, 3.05) is 18.6 Å². The summed E-state index contributed by atoms with van der Waals surface area (Å²) in [5, 5.41) is 0. The zero-order valence-corrected chi connectivity index (χ0v) is 15.7. The first-order valence-corrected chi connectivity index (χ1v) is 9.55. The van der Waals surface area contributed by atoms with Gasteiger partial charge >= 0.3 is 5.97 Å². The highest BCUT2D eigenvalue weighted by Crippen LogP contribution is 2.33. The summed E-state index contributed by atoms with van der Waals surface area (Å²) < 4.78 is 4.77. The van der Waals surface area contributed by atoms with E-state index in [1.54, 1.807) is 17.4 Å². The zero-order chi connectivity index (χ0) is 18.0. The van der Waals surface area contributed by atoms with Crippen LogP contribution in [0.3, 0.4) is 0 Å². The summed E-state index contributed by atoms with van der Waals surface area (Å²) in [4.78, 5) is 28.7. The first-order chi connectivity index (χ1) is 12.1. The molecule has 3 rings (SSSR count). The van der Waals surface area contributed by atoms with E-state index in [9.17, 15) is 9.59 Å². The summed E-state index contributed by atoms with van der Waals surface area (Å²) in [6.07, 6.45) is 3.84. The number of methoxy groups -OCH3 is 1. The number of aryl methyl sites for hydroxylation is 2. The molecule has 1 aromatic heterocycles. The maximum Gasteiger partial charge on any atom is 0.337 e. The number of anilines is 1. The Balaban J connectivity index is 1.87. The van der Waals surface area contributed by atoms with E-state index >= 15 is 0 Å². The number of benzene rings is 1. The Morgan fingerprint density at radius 2 is 2.04 bits per heavy atom. The van der Waals surface area contributed by atoms with Crippen LogP contribution in [0, 0.1) is 0 Å². The van der Waals surface area contributed by atoms with E-state index in [0.29, 0.717) is 12.1 Å². The molecule has 5 heteroatoms. The number of rotatable bonds is 5. The second kappa shape index (κ2) is 7.40. The number of carbonyl (C=O) groups excluding carboxylic acids is 2. The summed E-state index contributed by atoms with van der Waals surface area (Å²) in [5.41, 5.74) is 3.75. The second-order valence-electron chi connectivity index (χ2n) is 6.20. The molecular weight excluding hydrogens is 334 g/mol. The van der Waals surface area contributed by atoms with E-state index in [2.05, 4.69) is 19.9 Å². The monoisotopic (exact) mass is 357 g/mol. The number of fused-ring (bicyclic) bond motifs is 1. The zero-order valence-electron chi connectivity index (χ0n) is 14.9. The number of thiophene rings is 1. The standard InChI is InChI=1S/C20H23NO3S/c1-4-6-17-13(5-2)12-18(25-17)19(22)21-10-9-14-11-15(20(23)24-3)7-8-16(14)21/h7-8,11-12H,4-6,9-10H2,1-3H3. The van der Waals surface area contributed by atoms with E-state index in [1.807, 2.05) is 17.0 Å². The van der Waals surface area contributed by atoms with Crippen molar-refractivity contribution in [2.45, 2.75) is 39.5 Å². The quantitative estimate of drug-likeness (QED) is 0.752. The number of hydrogen-bond acceptors (Lipinski definition) is 4. The van der Waals surface area contributed by atoms with Crippen LogP contribution in [-0.4, -0.2) is 25.5 Å². The van der Waals surface area contributed by atoms with Crippen LogP contribution >= 0.6 is 11.3 Å². The lowest BCUT2D eigenvalue weighted by Gasteiger charge is -2.16. The minimum Gasteiger partial charge on any atom is -0.465 e. The van der Waals surface area contributed by atoms with Crippen molar-refractivity contribution in [3.8, 4) is 0 Å². The summed E-state index contributed by atoms with van der Waals surface area (Å²) in [7, 11) is 1.38. The number of amides is 1. The molecule has 0 N–H and O–H groups in total. The van der Waals surface area contributed by atoms with Crippen molar-refractivity contribution in [1.29, 1.82) is 0 Å². The molecule has 1 aliphatic heterocycles. The van der Waals surface area contributed by atoms with Gasteiger partial charge in [0.25, 0.3) is 5.91 Å². The minimum absolute atomic E-state index is 0.0617. The number of hydrogen-bond donors (Lipinski definition) is 0. The lowest BCUT2D eigenvalue weighted by molar-refractivity contribution is 0.0600. The van der Waals surface area contributed by atoms with Gasteiger partial charge in [0.05, 0.1) is 17.6 Å². The Kier molecular flexibility index (Phi) is 5.23. The molecular formula is C20H23NO3S. The second-order valence-corrected chi connectivity index (χ2v) is 7.34. The molecule has 0 saturated heterocycles. The molecule has 132 valence electrons. The average Bonchev–Trinajstić information content (AvgIpc) is 3.24. The molecule has 0 unspecified atom stereocenters. The van der Waals surface area contributed by atoms with Gasteiger partial charge in [0.15, 0.2) is 0 Å². The Morgan fingerprint density at radius 3 is 2.72 bits per heavy atom. The van der Waals surface area contributed by atoms with Gasteiger partial charge in [-0.2, -0.15) is 0 Å². The molecule has 2 aromatic rings. The van der Waals surface area contributed by atoms with Crippen LogP contribution in [0.2, 0.25) is 0 Å². The highest BCUT2D eigenvalue weighted by molar-refractivity contribution is 7.14. The molecule has 1 aromatic carbocycles. The van der Waals surface area contributed by atoms with Crippen LogP contribution in [0.4, 0.5) is 5.69 Å². The number of carbonyl (C=O) groups is 2. The van der Waals surface area contributed by atoms with Crippen molar-refractivity contribution in [3.05, 3.63) is 50.7 Å². The Hall–Kier alpha value is -2.14. The molecule has 0 spiro atoms. The van der Waals surface area contributed by atoms with Gasteiger partial charge in [-0.05, 0) is 54.7 Å². The molecule has 1 aliphatic rings. The van der Waals surface area contributed by atoms with E-state index < -0.39 is 0 Å². The van der Waals surface area contributed by atoms with Gasteiger partial charge in [-0.3, -0.25) is 4.79 Å². The van der Waals surface area contributed by atoms with Crippen molar-refractivity contribution >= 4 is 28.9 Å². The number of nitrogens with zero attached hydrogens (tertiary/aromatic N) is 1. The fourth-order valence-electron chi connectivity index (χ4n) is 3.30. The van der Waals surface area contributed by atoms with Gasteiger partial charge in [-0.1, -0.05) is 20.3 Å². The predicted octanol–water partition coefficient (Wildman–Crippen LogP) is 4.25. The molecule has 2 heterocycles. The van der Waals surface area contributed by atoms with Crippen LogP contribution in [0.5, 0.6) is 0 Å². The molecule has 0 fully saturated rings. The van der Waals surface area contributed by atoms with E-state index in [4.69, 9.17) is 4.74 Å². The molecule has 25 heavy (non-hydrogen) atoms. The van der Waals surface area contributed by atoms with Crippen LogP contribution in [0.1, 0.15) is 56.3 Å². The number of ether oxygens (including phenoxy) is 1. The Morgan fingerprint density at radius 1 is 1.24 bits per heavy atom. The van der Waals surface area contributed by atoms with Gasteiger partial charge < -0.3 is 9.64 Å². The fourth-order valence-corrected chi connectivity index (χ4v) is 4.61. The van der Waals surface area contributed by atoms with Crippen LogP contribution in [-0.2, 0) is 24.0 Å². The van der Waals surface area contributed by atoms with Gasteiger partial charge in [0.2, 0.25) is 0 Å². The highest BCUT2D eigenvalue weighted by Gasteiger charge is 2.28. The normalized spacial score (nSPS) is 13.0. The smallest absolute Gasteiger partial charge is 0.337 e. The summed E-state index contributed by atoms with van der Waals surface area (Å²) in [6, 6.07) is 7.47. The molecule has 0 saturated carbocycles. The first-order valence-electron chi connectivity index (χ1n) is 8.73. The maximum atomic E-state index is 13.0. The topological polar surface area (TPSA) is 46.6 Å². The van der Waals surface area contributed by atoms with E-state index in [-0.39, 0.29) is 11.9 Å². The highest BCUT2D eigenvalue weighted by atomic mass is 32.1. The third-order valence-corrected chi connectivity index (χ3v) is 5.83. The van der Waals surface area contributed by atoms with Crippen molar-refractivity contribution in [3.63, 3.8) is 0 Å². The van der Waals surface area contributed by atoms with Gasteiger partial charge in [0, 0.05) is 17.1 Å². The maximum absolute atomic E-state index is 13.0. The Labute approximate surface area is 152 Å². The minimum atomic E-state index is -0.345. The third kappa shape index (κ3) is 3.33. The molecule has 0 aliphatic carbocycles. The van der Waals surface area contributed by atoms with Crippen LogP contribution in [0.25, 0.3) is 0 Å². The SMILES string of the molecule is CCCc1sc(C(=O)N2CCc3cc(C(=O)OC)ccc32)cc1CC. The average molecular weight is 357 g/mol.